The van der Waals surface area contributed by atoms with Crippen molar-refractivity contribution in [2.75, 3.05) is 0 Å². The second-order valence-electron chi connectivity index (χ2n) is 5.53. The molecule has 2 nitrogen and oxygen atoms in total. The topological polar surface area (TPSA) is 37.3 Å². The maximum Gasteiger partial charge on any atom is 0.331 e. The molecule has 1 fully saturated rings. The lowest BCUT2D eigenvalue weighted by Crippen LogP contribution is -2.19. The van der Waals surface area contributed by atoms with E-state index in [0.717, 1.165) is 12.8 Å². The van der Waals surface area contributed by atoms with Gasteiger partial charge >= 0.3 is 5.97 Å². The van der Waals surface area contributed by atoms with E-state index in [0.29, 0.717) is 11.5 Å². The zero-order valence-electron chi connectivity index (χ0n) is 10.0. The average Bonchev–Trinajstić information content (AvgIpc) is 2.13. The van der Waals surface area contributed by atoms with Crippen molar-refractivity contribution in [2.24, 2.45) is 11.3 Å². The van der Waals surface area contributed by atoms with Crippen LogP contribution in [-0.2, 0) is 4.79 Å². The number of carbonyl (C=O) groups is 1. The Kier molecular flexibility index (Phi) is 3.95. The summed E-state index contributed by atoms with van der Waals surface area (Å²) in [5, 5.41) is 9.17. The van der Waals surface area contributed by atoms with Crippen LogP contribution >= 0.6 is 0 Å². The minimum atomic E-state index is -0.756. The number of rotatable bonds is 2. The Labute approximate surface area is 92.4 Å². The van der Waals surface area contributed by atoms with Crippen LogP contribution in [0.5, 0.6) is 0 Å². The maximum absolute atomic E-state index is 11.2. The highest BCUT2D eigenvalue weighted by Crippen LogP contribution is 2.31. The molecule has 0 spiro atoms. The molecule has 0 aromatic heterocycles. The molecule has 0 aliphatic heterocycles. The molecule has 0 heterocycles. The molecule has 1 aliphatic carbocycles. The minimum absolute atomic E-state index is 0.247. The van der Waals surface area contributed by atoms with E-state index in [2.05, 4.69) is 0 Å². The Morgan fingerprint density at radius 2 is 1.73 bits per heavy atom. The molecule has 1 saturated carbocycles. The Morgan fingerprint density at radius 1 is 1.20 bits per heavy atom. The van der Waals surface area contributed by atoms with Crippen LogP contribution < -0.4 is 0 Å². The summed E-state index contributed by atoms with van der Waals surface area (Å²) in [5.74, 6) is -0.267. The van der Waals surface area contributed by atoms with E-state index in [1.165, 1.54) is 19.3 Å². The van der Waals surface area contributed by atoms with Crippen molar-refractivity contribution in [2.45, 2.75) is 52.9 Å². The molecule has 0 aromatic carbocycles. The Bertz CT molecular complexity index is 252. The third-order valence-electron chi connectivity index (χ3n) is 3.09. The predicted octanol–water partition coefficient (Wildman–Crippen LogP) is 3.62. The van der Waals surface area contributed by atoms with Crippen LogP contribution in [0.3, 0.4) is 0 Å². The highest BCUT2D eigenvalue weighted by molar-refractivity contribution is 5.87. The molecular weight excluding hydrogens is 188 g/mol. The van der Waals surface area contributed by atoms with Crippen molar-refractivity contribution in [3.63, 3.8) is 0 Å². The summed E-state index contributed by atoms with van der Waals surface area (Å²) >= 11 is 0. The number of hydrogen-bond acceptors (Lipinski definition) is 1. The van der Waals surface area contributed by atoms with E-state index in [9.17, 15) is 9.90 Å². The second-order valence-corrected chi connectivity index (χ2v) is 5.53. The predicted molar refractivity (Wildman–Crippen MR) is 61.7 cm³/mol. The molecule has 0 atom stereocenters. The van der Waals surface area contributed by atoms with Crippen LogP contribution in [0.4, 0.5) is 0 Å². The molecule has 15 heavy (non-hydrogen) atoms. The minimum Gasteiger partial charge on any atom is -0.478 e. The lowest BCUT2D eigenvalue weighted by Gasteiger charge is -2.24. The Balaban J connectivity index is 2.78. The van der Waals surface area contributed by atoms with E-state index in [1.54, 1.807) is 0 Å². The van der Waals surface area contributed by atoms with Crippen LogP contribution in [0.25, 0.3) is 0 Å². The molecule has 0 radical (unpaired) electrons. The van der Waals surface area contributed by atoms with Crippen LogP contribution in [-0.4, -0.2) is 11.1 Å². The monoisotopic (exact) mass is 210 g/mol. The van der Waals surface area contributed by atoms with Crippen molar-refractivity contribution >= 4 is 5.97 Å². The standard InChI is InChI=1S/C13H22O2/c1-13(2,3)11(12(14)15)9-10-7-5-4-6-8-10/h9-10H,4-8H2,1-3H3,(H,14,15). The van der Waals surface area contributed by atoms with E-state index >= 15 is 0 Å². The van der Waals surface area contributed by atoms with Crippen molar-refractivity contribution in [3.05, 3.63) is 11.6 Å². The first-order valence-electron chi connectivity index (χ1n) is 5.87. The summed E-state index contributed by atoms with van der Waals surface area (Å²) in [6.07, 6.45) is 8.12. The normalized spacial score (nSPS) is 20.3. The lowest BCUT2D eigenvalue weighted by atomic mass is 9.81. The first kappa shape index (κ1) is 12.3. The highest BCUT2D eigenvalue weighted by atomic mass is 16.4. The van der Waals surface area contributed by atoms with Crippen molar-refractivity contribution in [3.8, 4) is 0 Å². The second kappa shape index (κ2) is 4.82. The molecule has 0 amide bonds. The van der Waals surface area contributed by atoms with Gasteiger partial charge in [0.15, 0.2) is 0 Å². The third-order valence-corrected chi connectivity index (χ3v) is 3.09. The molecule has 0 saturated heterocycles. The number of hydrogen-bond donors (Lipinski definition) is 1. The van der Waals surface area contributed by atoms with Gasteiger partial charge in [-0.3, -0.25) is 0 Å². The lowest BCUT2D eigenvalue weighted by molar-refractivity contribution is -0.133. The molecule has 0 unspecified atom stereocenters. The van der Waals surface area contributed by atoms with Crippen molar-refractivity contribution < 1.29 is 9.90 Å². The first-order chi connectivity index (χ1) is 6.91. The van der Waals surface area contributed by atoms with Gasteiger partial charge in [0.2, 0.25) is 0 Å². The number of carboxylic acid groups (broad SMARTS) is 1. The molecule has 0 bridgehead atoms. The van der Waals surface area contributed by atoms with Gasteiger partial charge in [-0.05, 0) is 24.2 Å². The van der Waals surface area contributed by atoms with E-state index in [4.69, 9.17) is 0 Å². The van der Waals surface area contributed by atoms with E-state index in [1.807, 2.05) is 26.8 Å². The van der Waals surface area contributed by atoms with Gasteiger partial charge < -0.3 is 5.11 Å². The number of carboxylic acids is 1. The van der Waals surface area contributed by atoms with Crippen LogP contribution in [0.2, 0.25) is 0 Å². The van der Waals surface area contributed by atoms with Gasteiger partial charge in [-0.15, -0.1) is 0 Å². The largest absolute Gasteiger partial charge is 0.478 e. The Hall–Kier alpha value is -0.790. The SMILES string of the molecule is CC(C)(C)C(=CC1CCCCC1)C(=O)O. The van der Waals surface area contributed by atoms with Crippen molar-refractivity contribution in [1.29, 1.82) is 0 Å². The summed E-state index contributed by atoms with van der Waals surface area (Å²) in [6, 6.07) is 0. The van der Waals surface area contributed by atoms with Gasteiger partial charge in [-0.25, -0.2) is 4.79 Å². The fourth-order valence-electron chi connectivity index (χ4n) is 2.18. The third kappa shape index (κ3) is 3.69. The van der Waals surface area contributed by atoms with Gasteiger partial charge in [-0.1, -0.05) is 46.1 Å². The van der Waals surface area contributed by atoms with Crippen molar-refractivity contribution in [1.82, 2.24) is 0 Å². The van der Waals surface area contributed by atoms with Gasteiger partial charge in [0, 0.05) is 5.57 Å². The zero-order chi connectivity index (χ0) is 11.5. The quantitative estimate of drug-likeness (QED) is 0.707. The zero-order valence-corrected chi connectivity index (χ0v) is 10.0. The molecule has 86 valence electrons. The molecule has 1 aliphatic rings. The summed E-state index contributed by atoms with van der Waals surface area (Å²) in [4.78, 5) is 11.2. The van der Waals surface area contributed by atoms with Crippen LogP contribution in [0, 0.1) is 11.3 Å². The molecule has 1 rings (SSSR count). The van der Waals surface area contributed by atoms with E-state index in [-0.39, 0.29) is 5.41 Å². The van der Waals surface area contributed by atoms with Crippen LogP contribution in [0.15, 0.2) is 11.6 Å². The molecular formula is C13H22O2. The van der Waals surface area contributed by atoms with Gasteiger partial charge in [0.1, 0.15) is 0 Å². The molecule has 1 N–H and O–H groups in total. The summed E-state index contributed by atoms with van der Waals surface area (Å²) in [7, 11) is 0. The highest BCUT2D eigenvalue weighted by Gasteiger charge is 2.25. The molecule has 0 aromatic rings. The fraction of sp³-hybridized carbons (Fsp3) is 0.769. The van der Waals surface area contributed by atoms with Gasteiger partial charge in [0.05, 0.1) is 0 Å². The van der Waals surface area contributed by atoms with Crippen LogP contribution in [0.1, 0.15) is 52.9 Å². The summed E-state index contributed by atoms with van der Waals surface area (Å²) < 4.78 is 0. The number of aliphatic carboxylic acids is 1. The fourth-order valence-corrected chi connectivity index (χ4v) is 2.18. The average molecular weight is 210 g/mol. The smallest absolute Gasteiger partial charge is 0.331 e. The van der Waals surface area contributed by atoms with E-state index < -0.39 is 5.97 Å². The van der Waals surface area contributed by atoms with Gasteiger partial charge in [0.25, 0.3) is 0 Å². The summed E-state index contributed by atoms with van der Waals surface area (Å²) in [6.45, 7) is 5.90. The Morgan fingerprint density at radius 3 is 2.13 bits per heavy atom. The number of allylic oxidation sites excluding steroid dienone is 1. The maximum atomic E-state index is 11.2. The summed E-state index contributed by atoms with van der Waals surface area (Å²) in [5.41, 5.74) is 0.331. The molecule has 2 heteroatoms. The van der Waals surface area contributed by atoms with Gasteiger partial charge in [-0.2, -0.15) is 0 Å². The first-order valence-corrected chi connectivity index (χ1v) is 5.87.